The number of amides is 1. The van der Waals surface area contributed by atoms with Gasteiger partial charge in [0, 0.05) is 24.7 Å². The van der Waals surface area contributed by atoms with Crippen LogP contribution in [0.2, 0.25) is 5.02 Å². The molecule has 5 nitrogen and oxygen atoms in total. The van der Waals surface area contributed by atoms with Gasteiger partial charge in [0.15, 0.2) is 0 Å². The molecule has 0 radical (unpaired) electrons. The Morgan fingerprint density at radius 1 is 1.45 bits per heavy atom. The van der Waals surface area contributed by atoms with Crippen LogP contribution in [0.4, 0.5) is 5.69 Å². The molecule has 1 saturated carbocycles. The standard InChI is InChI=1S/C16H19ClN2O3/c1-2-18(13-5-3-4-6-13)16(20)10-8-12-7-9-14(17)15(11-12)19(21)22/h7-11,13H,2-6H2,1H3/b10-8+. The predicted molar refractivity (Wildman–Crippen MR) is 86.8 cm³/mol. The predicted octanol–water partition coefficient (Wildman–Crippen LogP) is 4.05. The molecule has 1 aliphatic rings. The van der Waals surface area contributed by atoms with Crippen LogP contribution < -0.4 is 0 Å². The van der Waals surface area contributed by atoms with Crippen molar-refractivity contribution in [3.8, 4) is 0 Å². The highest BCUT2D eigenvalue weighted by molar-refractivity contribution is 6.32. The molecule has 0 bridgehead atoms. The Morgan fingerprint density at radius 3 is 2.73 bits per heavy atom. The second kappa shape index (κ2) is 7.40. The minimum Gasteiger partial charge on any atom is -0.336 e. The van der Waals surface area contributed by atoms with E-state index in [1.165, 1.54) is 31.1 Å². The third-order valence-electron chi connectivity index (χ3n) is 3.97. The molecule has 0 N–H and O–H groups in total. The lowest BCUT2D eigenvalue weighted by Crippen LogP contribution is -2.37. The molecule has 2 rings (SSSR count). The van der Waals surface area contributed by atoms with Crippen LogP contribution in [-0.2, 0) is 4.79 Å². The van der Waals surface area contributed by atoms with Gasteiger partial charge >= 0.3 is 0 Å². The van der Waals surface area contributed by atoms with Crippen LogP contribution in [0.5, 0.6) is 0 Å². The van der Waals surface area contributed by atoms with Gasteiger partial charge in [-0.2, -0.15) is 0 Å². The minimum atomic E-state index is -0.529. The van der Waals surface area contributed by atoms with Crippen LogP contribution in [0, 0.1) is 10.1 Å². The van der Waals surface area contributed by atoms with Crippen molar-refractivity contribution in [2.24, 2.45) is 0 Å². The van der Waals surface area contributed by atoms with E-state index in [1.807, 2.05) is 11.8 Å². The maximum atomic E-state index is 12.3. The van der Waals surface area contributed by atoms with Crippen LogP contribution >= 0.6 is 11.6 Å². The average molecular weight is 323 g/mol. The van der Waals surface area contributed by atoms with E-state index in [0.717, 1.165) is 12.8 Å². The van der Waals surface area contributed by atoms with Crippen molar-refractivity contribution in [3.05, 3.63) is 45.0 Å². The molecule has 6 heteroatoms. The summed E-state index contributed by atoms with van der Waals surface area (Å²) in [6.45, 7) is 2.64. The minimum absolute atomic E-state index is 0.0491. The number of nitro benzene ring substituents is 1. The molecule has 0 heterocycles. The highest BCUT2D eigenvalue weighted by Gasteiger charge is 2.23. The molecule has 0 atom stereocenters. The van der Waals surface area contributed by atoms with Gasteiger partial charge in [-0.1, -0.05) is 30.5 Å². The van der Waals surface area contributed by atoms with Crippen molar-refractivity contribution < 1.29 is 9.72 Å². The largest absolute Gasteiger partial charge is 0.336 e. The zero-order valence-corrected chi connectivity index (χ0v) is 13.3. The Morgan fingerprint density at radius 2 is 2.14 bits per heavy atom. The lowest BCUT2D eigenvalue weighted by Gasteiger charge is -2.26. The van der Waals surface area contributed by atoms with Gasteiger partial charge in [0.05, 0.1) is 4.92 Å². The number of nitrogens with zero attached hydrogens (tertiary/aromatic N) is 2. The highest BCUT2D eigenvalue weighted by Crippen LogP contribution is 2.26. The first-order valence-corrected chi connectivity index (χ1v) is 7.83. The Kier molecular flexibility index (Phi) is 5.55. The topological polar surface area (TPSA) is 63.5 Å². The molecule has 0 aliphatic heterocycles. The number of benzene rings is 1. The summed E-state index contributed by atoms with van der Waals surface area (Å²) in [6.07, 6.45) is 7.53. The molecule has 0 aromatic heterocycles. The van der Waals surface area contributed by atoms with E-state index < -0.39 is 4.92 Å². The molecule has 0 spiro atoms. The molecular formula is C16H19ClN2O3. The number of rotatable bonds is 5. The number of nitro groups is 1. The van der Waals surface area contributed by atoms with Crippen molar-refractivity contribution in [2.45, 2.75) is 38.6 Å². The Labute approximate surface area is 134 Å². The molecule has 1 aromatic rings. The molecule has 118 valence electrons. The van der Waals surface area contributed by atoms with E-state index in [4.69, 9.17) is 11.6 Å². The van der Waals surface area contributed by atoms with Crippen LogP contribution in [0.3, 0.4) is 0 Å². The first-order chi connectivity index (χ1) is 10.5. The lowest BCUT2D eigenvalue weighted by molar-refractivity contribution is -0.384. The second-order valence-electron chi connectivity index (χ2n) is 5.36. The number of carbonyl (C=O) groups is 1. The van der Waals surface area contributed by atoms with E-state index in [0.29, 0.717) is 18.2 Å². The average Bonchev–Trinajstić information content (AvgIpc) is 3.01. The highest BCUT2D eigenvalue weighted by atomic mass is 35.5. The number of halogens is 1. The van der Waals surface area contributed by atoms with E-state index in [2.05, 4.69) is 0 Å². The monoisotopic (exact) mass is 322 g/mol. The summed E-state index contributed by atoms with van der Waals surface area (Å²) >= 11 is 5.77. The molecule has 0 unspecified atom stereocenters. The van der Waals surface area contributed by atoms with Gasteiger partial charge < -0.3 is 4.90 Å². The van der Waals surface area contributed by atoms with E-state index in [9.17, 15) is 14.9 Å². The molecular weight excluding hydrogens is 304 g/mol. The molecule has 1 aliphatic carbocycles. The van der Waals surface area contributed by atoms with Gasteiger partial charge in [-0.3, -0.25) is 14.9 Å². The summed E-state index contributed by atoms with van der Waals surface area (Å²) in [4.78, 5) is 24.5. The van der Waals surface area contributed by atoms with Crippen molar-refractivity contribution in [1.82, 2.24) is 4.90 Å². The number of hydrogen-bond acceptors (Lipinski definition) is 3. The smallest absolute Gasteiger partial charge is 0.288 e. The quantitative estimate of drug-likeness (QED) is 0.466. The Bertz CT molecular complexity index is 595. The molecule has 1 aromatic carbocycles. The van der Waals surface area contributed by atoms with Crippen molar-refractivity contribution >= 4 is 29.3 Å². The molecule has 0 saturated heterocycles. The van der Waals surface area contributed by atoms with Gasteiger partial charge in [0.25, 0.3) is 5.69 Å². The summed E-state index contributed by atoms with van der Waals surface area (Å²) in [5.41, 5.74) is 0.436. The number of likely N-dealkylation sites (N-methyl/N-ethyl adjacent to an activating group) is 1. The van der Waals surface area contributed by atoms with Crippen molar-refractivity contribution in [1.29, 1.82) is 0 Å². The summed E-state index contributed by atoms with van der Waals surface area (Å²) in [7, 11) is 0. The Balaban J connectivity index is 2.11. The van der Waals surface area contributed by atoms with Gasteiger partial charge in [-0.05, 0) is 37.5 Å². The van der Waals surface area contributed by atoms with E-state index in [1.54, 1.807) is 12.1 Å². The zero-order chi connectivity index (χ0) is 16.1. The maximum Gasteiger partial charge on any atom is 0.288 e. The normalized spacial score (nSPS) is 15.4. The van der Waals surface area contributed by atoms with Crippen molar-refractivity contribution in [3.63, 3.8) is 0 Å². The van der Waals surface area contributed by atoms with Gasteiger partial charge in [-0.25, -0.2) is 0 Å². The number of carbonyl (C=O) groups excluding carboxylic acids is 1. The molecule has 1 fully saturated rings. The van der Waals surface area contributed by atoms with Crippen molar-refractivity contribution in [2.75, 3.05) is 6.54 Å². The van der Waals surface area contributed by atoms with Crippen LogP contribution in [0.1, 0.15) is 38.2 Å². The fourth-order valence-electron chi connectivity index (χ4n) is 2.85. The fourth-order valence-corrected chi connectivity index (χ4v) is 3.03. The van der Waals surface area contributed by atoms with Crippen LogP contribution in [0.15, 0.2) is 24.3 Å². The van der Waals surface area contributed by atoms with Gasteiger partial charge in [-0.15, -0.1) is 0 Å². The summed E-state index contributed by atoms with van der Waals surface area (Å²) in [5, 5.41) is 11.0. The Hall–Kier alpha value is -1.88. The van der Waals surface area contributed by atoms with Crippen LogP contribution in [-0.4, -0.2) is 28.3 Å². The fraction of sp³-hybridized carbons (Fsp3) is 0.438. The zero-order valence-electron chi connectivity index (χ0n) is 12.5. The van der Waals surface area contributed by atoms with Gasteiger partial charge in [0.1, 0.15) is 5.02 Å². The summed E-state index contributed by atoms with van der Waals surface area (Å²) in [5.74, 6) is -0.0491. The first-order valence-electron chi connectivity index (χ1n) is 7.45. The lowest BCUT2D eigenvalue weighted by atomic mass is 10.1. The molecule has 1 amide bonds. The SMILES string of the molecule is CCN(C(=O)/C=C/c1ccc(Cl)c([N+](=O)[O-])c1)C1CCCC1. The third-order valence-corrected chi connectivity index (χ3v) is 4.29. The van der Waals surface area contributed by atoms with E-state index in [-0.39, 0.29) is 16.6 Å². The first kappa shape index (κ1) is 16.5. The second-order valence-corrected chi connectivity index (χ2v) is 5.77. The summed E-state index contributed by atoms with van der Waals surface area (Å²) < 4.78 is 0. The third kappa shape index (κ3) is 3.85. The maximum absolute atomic E-state index is 12.3. The number of hydrogen-bond donors (Lipinski definition) is 0. The van der Waals surface area contributed by atoms with Crippen LogP contribution in [0.25, 0.3) is 6.08 Å². The van der Waals surface area contributed by atoms with Gasteiger partial charge in [0.2, 0.25) is 5.91 Å². The molecule has 22 heavy (non-hydrogen) atoms. The summed E-state index contributed by atoms with van der Waals surface area (Å²) in [6, 6.07) is 4.82. The van der Waals surface area contributed by atoms with E-state index >= 15 is 0 Å².